The molecule has 0 bridgehead atoms. The molecule has 3 N–H and O–H groups in total. The summed E-state index contributed by atoms with van der Waals surface area (Å²) in [6.07, 6.45) is 0. The maximum atomic E-state index is 12.4. The number of carbonyl (C=O) groups excluding carboxylic acids is 1. The summed E-state index contributed by atoms with van der Waals surface area (Å²) in [5.74, 6) is -0.145. The summed E-state index contributed by atoms with van der Waals surface area (Å²) in [4.78, 5) is 14.4. The van der Waals surface area contributed by atoms with E-state index in [0.29, 0.717) is 11.3 Å². The van der Waals surface area contributed by atoms with E-state index in [1.165, 1.54) is 0 Å². The van der Waals surface area contributed by atoms with Gasteiger partial charge in [-0.1, -0.05) is 12.1 Å². The number of amides is 1. The fraction of sp³-hybridized carbons (Fsp3) is 0.235. The minimum Gasteiger partial charge on any atom is -0.399 e. The van der Waals surface area contributed by atoms with Gasteiger partial charge in [0, 0.05) is 36.7 Å². The predicted molar refractivity (Wildman–Crippen MR) is 89.1 cm³/mol. The fourth-order valence-electron chi connectivity index (χ4n) is 2.25. The number of nitrogens with zero attached hydrogens (tertiary/aromatic N) is 1. The van der Waals surface area contributed by atoms with Crippen LogP contribution in [0.5, 0.6) is 0 Å². The van der Waals surface area contributed by atoms with E-state index in [9.17, 15) is 4.79 Å². The van der Waals surface area contributed by atoms with E-state index in [1.54, 1.807) is 12.1 Å². The van der Waals surface area contributed by atoms with Crippen LogP contribution in [0.4, 0.5) is 17.1 Å². The molecule has 0 atom stereocenters. The minimum atomic E-state index is -0.145. The molecule has 0 saturated carbocycles. The third-order valence-electron chi connectivity index (χ3n) is 3.46. The first-order chi connectivity index (χ1) is 9.88. The van der Waals surface area contributed by atoms with Gasteiger partial charge < -0.3 is 16.0 Å². The zero-order valence-electron chi connectivity index (χ0n) is 12.9. The van der Waals surface area contributed by atoms with Gasteiger partial charge in [-0.05, 0) is 49.2 Å². The molecular weight excluding hydrogens is 262 g/mol. The van der Waals surface area contributed by atoms with E-state index in [-0.39, 0.29) is 5.91 Å². The van der Waals surface area contributed by atoms with Gasteiger partial charge in [-0.15, -0.1) is 0 Å². The largest absolute Gasteiger partial charge is 0.399 e. The van der Waals surface area contributed by atoms with Gasteiger partial charge >= 0.3 is 0 Å². The van der Waals surface area contributed by atoms with Crippen LogP contribution in [0.15, 0.2) is 36.4 Å². The number of aryl methyl sites for hydroxylation is 2. The van der Waals surface area contributed by atoms with Crippen molar-refractivity contribution in [1.82, 2.24) is 0 Å². The standard InChI is InChI=1S/C17H21N3O/c1-11-5-7-13(18)9-15(11)17(21)19-14-8-6-12(2)16(10-14)20(3)4/h5-10H,18H2,1-4H3,(H,19,21). The molecule has 0 heterocycles. The zero-order valence-corrected chi connectivity index (χ0v) is 12.9. The van der Waals surface area contributed by atoms with Crippen molar-refractivity contribution in [2.24, 2.45) is 0 Å². The zero-order chi connectivity index (χ0) is 15.6. The molecule has 0 saturated heterocycles. The van der Waals surface area contributed by atoms with Gasteiger partial charge in [0.25, 0.3) is 5.91 Å². The third-order valence-corrected chi connectivity index (χ3v) is 3.46. The van der Waals surface area contributed by atoms with Crippen LogP contribution in [0.25, 0.3) is 0 Å². The summed E-state index contributed by atoms with van der Waals surface area (Å²) in [5.41, 5.74) is 10.9. The van der Waals surface area contributed by atoms with E-state index in [4.69, 9.17) is 5.73 Å². The third kappa shape index (κ3) is 3.34. The lowest BCUT2D eigenvalue weighted by atomic mass is 10.1. The molecule has 0 aliphatic carbocycles. The number of rotatable bonds is 3. The Balaban J connectivity index is 2.27. The number of carbonyl (C=O) groups is 1. The first kappa shape index (κ1) is 14.9. The normalized spacial score (nSPS) is 10.3. The molecule has 4 nitrogen and oxygen atoms in total. The number of nitrogen functional groups attached to an aromatic ring is 1. The van der Waals surface area contributed by atoms with Gasteiger partial charge in [0.05, 0.1) is 0 Å². The van der Waals surface area contributed by atoms with Crippen molar-refractivity contribution in [2.75, 3.05) is 30.0 Å². The Kier molecular flexibility index (Phi) is 4.17. The van der Waals surface area contributed by atoms with Gasteiger partial charge in [0.2, 0.25) is 0 Å². The van der Waals surface area contributed by atoms with Crippen LogP contribution in [-0.4, -0.2) is 20.0 Å². The van der Waals surface area contributed by atoms with Crippen LogP contribution in [-0.2, 0) is 0 Å². The number of anilines is 3. The summed E-state index contributed by atoms with van der Waals surface area (Å²) in [6, 6.07) is 11.2. The van der Waals surface area contributed by atoms with Crippen molar-refractivity contribution in [3.05, 3.63) is 53.1 Å². The Morgan fingerprint density at radius 2 is 1.71 bits per heavy atom. The highest BCUT2D eigenvalue weighted by molar-refractivity contribution is 6.06. The van der Waals surface area contributed by atoms with E-state index in [1.807, 2.05) is 57.1 Å². The second-order valence-corrected chi connectivity index (χ2v) is 5.42. The molecule has 2 aromatic rings. The second-order valence-electron chi connectivity index (χ2n) is 5.42. The van der Waals surface area contributed by atoms with Gasteiger partial charge in [-0.3, -0.25) is 4.79 Å². The summed E-state index contributed by atoms with van der Waals surface area (Å²) in [5, 5.41) is 2.93. The lowest BCUT2D eigenvalue weighted by Crippen LogP contribution is -2.15. The average molecular weight is 283 g/mol. The Morgan fingerprint density at radius 3 is 2.38 bits per heavy atom. The molecule has 0 fully saturated rings. The van der Waals surface area contributed by atoms with Crippen LogP contribution in [0.2, 0.25) is 0 Å². The van der Waals surface area contributed by atoms with Crippen molar-refractivity contribution >= 4 is 23.0 Å². The Bertz CT molecular complexity index is 678. The van der Waals surface area contributed by atoms with Crippen molar-refractivity contribution in [1.29, 1.82) is 0 Å². The van der Waals surface area contributed by atoms with Gasteiger partial charge in [0.1, 0.15) is 0 Å². The lowest BCUT2D eigenvalue weighted by Gasteiger charge is -2.17. The van der Waals surface area contributed by atoms with Crippen LogP contribution >= 0.6 is 0 Å². The molecule has 4 heteroatoms. The number of hydrogen-bond acceptors (Lipinski definition) is 3. The maximum Gasteiger partial charge on any atom is 0.256 e. The smallest absolute Gasteiger partial charge is 0.256 e. The summed E-state index contributed by atoms with van der Waals surface area (Å²) < 4.78 is 0. The molecule has 21 heavy (non-hydrogen) atoms. The molecule has 1 amide bonds. The Morgan fingerprint density at radius 1 is 1.05 bits per heavy atom. The molecule has 0 aliphatic rings. The topological polar surface area (TPSA) is 58.4 Å². The highest BCUT2D eigenvalue weighted by Crippen LogP contribution is 2.23. The van der Waals surface area contributed by atoms with Crippen LogP contribution in [0.1, 0.15) is 21.5 Å². The average Bonchev–Trinajstić information content (AvgIpc) is 2.43. The van der Waals surface area contributed by atoms with Crippen molar-refractivity contribution in [3.8, 4) is 0 Å². The first-order valence-electron chi connectivity index (χ1n) is 6.84. The Labute approximate surface area is 125 Å². The second kappa shape index (κ2) is 5.87. The molecule has 0 spiro atoms. The molecule has 0 radical (unpaired) electrons. The lowest BCUT2D eigenvalue weighted by molar-refractivity contribution is 0.102. The highest BCUT2D eigenvalue weighted by atomic mass is 16.1. The molecular formula is C17H21N3O. The van der Waals surface area contributed by atoms with E-state index in [0.717, 1.165) is 22.5 Å². The van der Waals surface area contributed by atoms with Crippen LogP contribution < -0.4 is 16.0 Å². The quantitative estimate of drug-likeness (QED) is 0.850. The molecule has 0 aromatic heterocycles. The predicted octanol–water partition coefficient (Wildman–Crippen LogP) is 3.20. The van der Waals surface area contributed by atoms with Gasteiger partial charge in [0.15, 0.2) is 0 Å². The Hall–Kier alpha value is -2.49. The number of nitrogens with one attached hydrogen (secondary N) is 1. The summed E-state index contributed by atoms with van der Waals surface area (Å²) in [6.45, 7) is 3.94. The molecule has 2 aromatic carbocycles. The number of benzene rings is 2. The molecule has 0 unspecified atom stereocenters. The van der Waals surface area contributed by atoms with Crippen LogP contribution in [0, 0.1) is 13.8 Å². The van der Waals surface area contributed by atoms with Crippen molar-refractivity contribution in [3.63, 3.8) is 0 Å². The van der Waals surface area contributed by atoms with Crippen molar-refractivity contribution < 1.29 is 4.79 Å². The molecule has 0 aliphatic heterocycles. The van der Waals surface area contributed by atoms with Crippen molar-refractivity contribution in [2.45, 2.75) is 13.8 Å². The number of nitrogens with two attached hydrogens (primary N) is 1. The van der Waals surface area contributed by atoms with Gasteiger partial charge in [-0.25, -0.2) is 0 Å². The minimum absolute atomic E-state index is 0.145. The van der Waals surface area contributed by atoms with Crippen LogP contribution in [0.3, 0.4) is 0 Å². The van der Waals surface area contributed by atoms with E-state index >= 15 is 0 Å². The summed E-state index contributed by atoms with van der Waals surface area (Å²) in [7, 11) is 3.96. The monoisotopic (exact) mass is 283 g/mol. The highest BCUT2D eigenvalue weighted by Gasteiger charge is 2.11. The SMILES string of the molecule is Cc1ccc(N)cc1C(=O)Nc1ccc(C)c(N(C)C)c1. The maximum absolute atomic E-state index is 12.4. The summed E-state index contributed by atoms with van der Waals surface area (Å²) >= 11 is 0. The molecule has 110 valence electrons. The molecule has 2 rings (SSSR count). The van der Waals surface area contributed by atoms with E-state index in [2.05, 4.69) is 5.32 Å². The van der Waals surface area contributed by atoms with E-state index < -0.39 is 0 Å². The van der Waals surface area contributed by atoms with Gasteiger partial charge in [-0.2, -0.15) is 0 Å². The fourth-order valence-corrected chi connectivity index (χ4v) is 2.25. The number of hydrogen-bond donors (Lipinski definition) is 2. The first-order valence-corrected chi connectivity index (χ1v) is 6.84.